The van der Waals surface area contributed by atoms with E-state index in [1.807, 2.05) is 6.92 Å². The Morgan fingerprint density at radius 2 is 2.00 bits per heavy atom. The maximum absolute atomic E-state index is 11.5. The molecule has 0 aliphatic heterocycles. The molecule has 5 heteroatoms. The van der Waals surface area contributed by atoms with E-state index in [4.69, 9.17) is 23.2 Å². The second kappa shape index (κ2) is 4.52. The van der Waals surface area contributed by atoms with Gasteiger partial charge < -0.3 is 10.6 Å². The van der Waals surface area contributed by atoms with Crippen LogP contribution in [0.15, 0.2) is 12.1 Å². The quantitative estimate of drug-likeness (QED) is 0.837. The molecule has 0 unspecified atom stereocenters. The fourth-order valence-corrected chi connectivity index (χ4v) is 1.74. The number of halogens is 2. The molecular weight excluding hydrogens is 247 g/mol. The molecule has 86 valence electrons. The summed E-state index contributed by atoms with van der Waals surface area (Å²) < 4.78 is 0. The Bertz CT molecular complexity index is 430. The third-order valence-electron chi connectivity index (χ3n) is 2.41. The molecule has 0 aromatic heterocycles. The fraction of sp³-hybridized carbons (Fsp3) is 0.364. The lowest BCUT2D eigenvalue weighted by Gasteiger charge is -2.09. The monoisotopic (exact) mass is 258 g/mol. The summed E-state index contributed by atoms with van der Waals surface area (Å²) in [6.45, 7) is 1.86. The van der Waals surface area contributed by atoms with E-state index >= 15 is 0 Å². The number of amides is 2. The van der Waals surface area contributed by atoms with Gasteiger partial charge in [-0.3, -0.25) is 0 Å². The van der Waals surface area contributed by atoms with E-state index in [0.717, 1.165) is 18.4 Å². The lowest BCUT2D eigenvalue weighted by Crippen LogP contribution is -2.30. The highest BCUT2D eigenvalue weighted by atomic mass is 35.5. The van der Waals surface area contributed by atoms with E-state index < -0.39 is 0 Å². The van der Waals surface area contributed by atoms with E-state index in [0.29, 0.717) is 21.8 Å². The van der Waals surface area contributed by atoms with Gasteiger partial charge in [-0.2, -0.15) is 0 Å². The molecule has 3 nitrogen and oxygen atoms in total. The lowest BCUT2D eigenvalue weighted by atomic mass is 10.2. The number of benzene rings is 1. The van der Waals surface area contributed by atoms with Gasteiger partial charge >= 0.3 is 6.03 Å². The van der Waals surface area contributed by atoms with Crippen LogP contribution in [0.25, 0.3) is 0 Å². The zero-order chi connectivity index (χ0) is 11.7. The number of aryl methyl sites for hydroxylation is 1. The third-order valence-corrected chi connectivity index (χ3v) is 3.13. The molecule has 0 atom stereocenters. The van der Waals surface area contributed by atoms with Crippen molar-refractivity contribution in [2.75, 3.05) is 5.32 Å². The molecule has 0 saturated heterocycles. The molecule has 1 aromatic carbocycles. The summed E-state index contributed by atoms with van der Waals surface area (Å²) in [6, 6.07) is 3.48. The minimum absolute atomic E-state index is 0.232. The number of anilines is 1. The van der Waals surface area contributed by atoms with Crippen LogP contribution in [0.2, 0.25) is 10.0 Å². The number of hydrogen-bond acceptors (Lipinski definition) is 1. The van der Waals surface area contributed by atoms with Crippen LogP contribution in [0.5, 0.6) is 0 Å². The molecule has 1 saturated carbocycles. The first-order valence-electron chi connectivity index (χ1n) is 5.09. The second-order valence-corrected chi connectivity index (χ2v) is 4.77. The van der Waals surface area contributed by atoms with E-state index in [1.54, 1.807) is 12.1 Å². The van der Waals surface area contributed by atoms with Gasteiger partial charge in [0.25, 0.3) is 0 Å². The Morgan fingerprint density at radius 1 is 1.31 bits per heavy atom. The van der Waals surface area contributed by atoms with Crippen molar-refractivity contribution >= 4 is 34.9 Å². The molecule has 2 amide bonds. The summed E-state index contributed by atoms with van der Waals surface area (Å²) >= 11 is 12.0. The van der Waals surface area contributed by atoms with Gasteiger partial charge in [0.1, 0.15) is 0 Å². The normalized spacial score (nSPS) is 14.7. The average Bonchev–Trinajstić information content (AvgIpc) is 2.98. The van der Waals surface area contributed by atoms with E-state index in [-0.39, 0.29) is 6.03 Å². The van der Waals surface area contributed by atoms with Crippen molar-refractivity contribution in [3.8, 4) is 0 Å². The van der Waals surface area contributed by atoms with Crippen molar-refractivity contribution in [3.05, 3.63) is 27.7 Å². The standard InChI is InChI=1S/C11H12Cl2N2O/c1-6-4-9(13)10(5-8(6)12)15-11(16)14-7-2-3-7/h4-5,7H,2-3H2,1H3,(H2,14,15,16). The zero-order valence-electron chi connectivity index (χ0n) is 8.81. The van der Waals surface area contributed by atoms with Crippen LogP contribution >= 0.6 is 23.2 Å². The summed E-state index contributed by atoms with van der Waals surface area (Å²) in [5, 5.41) is 6.58. The highest BCUT2D eigenvalue weighted by molar-refractivity contribution is 6.36. The molecule has 2 N–H and O–H groups in total. The number of urea groups is 1. The molecule has 0 spiro atoms. The lowest BCUT2D eigenvalue weighted by molar-refractivity contribution is 0.251. The van der Waals surface area contributed by atoms with Gasteiger partial charge in [-0.15, -0.1) is 0 Å². The van der Waals surface area contributed by atoms with Crippen molar-refractivity contribution in [1.29, 1.82) is 0 Å². The van der Waals surface area contributed by atoms with Crippen molar-refractivity contribution in [2.24, 2.45) is 0 Å². The Labute approximate surface area is 104 Å². The minimum Gasteiger partial charge on any atom is -0.335 e. The van der Waals surface area contributed by atoms with E-state index in [2.05, 4.69) is 10.6 Å². The predicted octanol–water partition coefficient (Wildman–Crippen LogP) is 3.59. The van der Waals surface area contributed by atoms with Gasteiger partial charge in [-0.05, 0) is 37.5 Å². The van der Waals surface area contributed by atoms with Crippen molar-refractivity contribution < 1.29 is 4.79 Å². The molecule has 16 heavy (non-hydrogen) atoms. The SMILES string of the molecule is Cc1cc(Cl)c(NC(=O)NC2CC2)cc1Cl. The van der Waals surface area contributed by atoms with Crippen molar-refractivity contribution in [1.82, 2.24) is 5.32 Å². The van der Waals surface area contributed by atoms with Crippen LogP contribution < -0.4 is 10.6 Å². The summed E-state index contributed by atoms with van der Waals surface area (Å²) in [4.78, 5) is 11.5. The zero-order valence-corrected chi connectivity index (χ0v) is 10.3. The Morgan fingerprint density at radius 3 is 2.62 bits per heavy atom. The number of carbonyl (C=O) groups is 1. The van der Waals surface area contributed by atoms with Gasteiger partial charge in [-0.25, -0.2) is 4.79 Å². The smallest absolute Gasteiger partial charge is 0.319 e. The van der Waals surface area contributed by atoms with Gasteiger partial charge in [0.15, 0.2) is 0 Å². The van der Waals surface area contributed by atoms with Crippen molar-refractivity contribution in [2.45, 2.75) is 25.8 Å². The summed E-state index contributed by atoms with van der Waals surface area (Å²) in [7, 11) is 0. The van der Waals surface area contributed by atoms with E-state index in [9.17, 15) is 4.79 Å². The molecule has 1 aliphatic rings. The predicted molar refractivity (Wildman–Crippen MR) is 66.4 cm³/mol. The summed E-state index contributed by atoms with van der Waals surface area (Å²) in [5.74, 6) is 0. The second-order valence-electron chi connectivity index (χ2n) is 3.95. The van der Waals surface area contributed by atoms with Gasteiger partial charge in [-0.1, -0.05) is 23.2 Å². The molecule has 1 aromatic rings. The third kappa shape index (κ3) is 2.80. The van der Waals surface area contributed by atoms with Gasteiger partial charge in [0.2, 0.25) is 0 Å². The minimum atomic E-state index is -0.232. The topological polar surface area (TPSA) is 41.1 Å². The molecule has 0 radical (unpaired) electrons. The highest BCUT2D eigenvalue weighted by Crippen LogP contribution is 2.29. The first-order chi connectivity index (χ1) is 7.56. The molecule has 0 bridgehead atoms. The molecule has 1 aliphatic carbocycles. The van der Waals surface area contributed by atoms with Crippen molar-refractivity contribution in [3.63, 3.8) is 0 Å². The van der Waals surface area contributed by atoms with Gasteiger partial charge in [0.05, 0.1) is 10.7 Å². The van der Waals surface area contributed by atoms with E-state index in [1.165, 1.54) is 0 Å². The van der Waals surface area contributed by atoms with Crippen LogP contribution in [0.4, 0.5) is 10.5 Å². The van der Waals surface area contributed by atoms with Crippen LogP contribution in [-0.2, 0) is 0 Å². The van der Waals surface area contributed by atoms with Crippen LogP contribution in [-0.4, -0.2) is 12.1 Å². The maximum atomic E-state index is 11.5. The van der Waals surface area contributed by atoms with Crippen LogP contribution in [0.3, 0.4) is 0 Å². The first kappa shape index (κ1) is 11.6. The molecular formula is C11H12Cl2N2O. The molecule has 1 fully saturated rings. The fourth-order valence-electron chi connectivity index (χ4n) is 1.31. The van der Waals surface area contributed by atoms with Gasteiger partial charge in [0, 0.05) is 11.1 Å². The number of rotatable bonds is 2. The average molecular weight is 259 g/mol. The summed E-state index contributed by atoms with van der Waals surface area (Å²) in [5.41, 5.74) is 1.43. The molecule has 2 rings (SSSR count). The van der Waals surface area contributed by atoms with Crippen LogP contribution in [0, 0.1) is 6.92 Å². The Kier molecular flexibility index (Phi) is 3.26. The number of nitrogens with one attached hydrogen (secondary N) is 2. The van der Waals surface area contributed by atoms with Crippen LogP contribution in [0.1, 0.15) is 18.4 Å². The summed E-state index contributed by atoms with van der Waals surface area (Å²) in [6.07, 6.45) is 2.10. The number of hydrogen-bond donors (Lipinski definition) is 2. The number of carbonyl (C=O) groups excluding carboxylic acids is 1. The Hall–Kier alpha value is -0.930. The maximum Gasteiger partial charge on any atom is 0.319 e. The molecule has 0 heterocycles. The first-order valence-corrected chi connectivity index (χ1v) is 5.85. The highest BCUT2D eigenvalue weighted by Gasteiger charge is 2.23. The largest absolute Gasteiger partial charge is 0.335 e. The Balaban J connectivity index is 2.07.